The summed E-state index contributed by atoms with van der Waals surface area (Å²) in [4.78, 5) is 11.0. The Bertz CT molecular complexity index is 950. The van der Waals surface area contributed by atoms with Gasteiger partial charge in [0, 0.05) is 30.1 Å². The van der Waals surface area contributed by atoms with Gasteiger partial charge in [0.25, 0.3) is 5.19 Å². The number of hydrogen-bond donors (Lipinski definition) is 0. The van der Waals surface area contributed by atoms with Gasteiger partial charge in [-0.3, -0.25) is 0 Å². The average Bonchev–Trinajstić information content (AvgIpc) is 3.05. The molecular formula is C20H20ClN3OS. The molecule has 0 unspecified atom stereocenters. The zero-order valence-corrected chi connectivity index (χ0v) is 16.7. The molecule has 2 aromatic carbocycles. The molecule has 3 rings (SSSR count). The molecule has 0 amide bonds. The van der Waals surface area contributed by atoms with E-state index < -0.39 is 0 Å². The van der Waals surface area contributed by atoms with Crippen LogP contribution in [-0.2, 0) is 0 Å². The van der Waals surface area contributed by atoms with Crippen molar-refractivity contribution in [2.45, 2.75) is 13.8 Å². The topological polar surface area (TPSA) is 37.7 Å². The molecule has 3 aromatic rings. The van der Waals surface area contributed by atoms with E-state index in [-0.39, 0.29) is 0 Å². The van der Waals surface area contributed by atoms with Gasteiger partial charge in [0.2, 0.25) is 0 Å². The number of aromatic nitrogens is 1. The van der Waals surface area contributed by atoms with Crippen LogP contribution in [0.1, 0.15) is 11.1 Å². The standard InChI is InChI=1S/C20H20ClN3OS/c1-13-10-19(14(2)9-17(13)22-12-24(3)4)25-20-23-18(11-26-20)15-7-5-6-8-16(15)21/h5-12H,1-4H3/b22-12-. The minimum Gasteiger partial charge on any atom is -0.431 e. The predicted molar refractivity (Wildman–Crippen MR) is 110 cm³/mol. The van der Waals surface area contributed by atoms with Crippen molar-refractivity contribution in [3.63, 3.8) is 0 Å². The summed E-state index contributed by atoms with van der Waals surface area (Å²) < 4.78 is 6.01. The molecule has 134 valence electrons. The largest absolute Gasteiger partial charge is 0.431 e. The van der Waals surface area contributed by atoms with Crippen molar-refractivity contribution in [2.75, 3.05) is 14.1 Å². The second-order valence-electron chi connectivity index (χ2n) is 6.19. The third kappa shape index (κ3) is 4.23. The van der Waals surface area contributed by atoms with Gasteiger partial charge in [0.05, 0.1) is 17.7 Å². The van der Waals surface area contributed by atoms with Crippen LogP contribution in [0.3, 0.4) is 0 Å². The predicted octanol–water partition coefficient (Wildman–Crippen LogP) is 6.09. The first-order valence-corrected chi connectivity index (χ1v) is 9.40. The number of hydrogen-bond acceptors (Lipinski definition) is 4. The summed E-state index contributed by atoms with van der Waals surface area (Å²) in [5, 5.41) is 3.22. The minimum absolute atomic E-state index is 0.590. The number of halogens is 1. The van der Waals surface area contributed by atoms with E-state index in [1.54, 1.807) is 6.34 Å². The van der Waals surface area contributed by atoms with Crippen LogP contribution < -0.4 is 4.74 Å². The zero-order chi connectivity index (χ0) is 18.7. The van der Waals surface area contributed by atoms with Gasteiger partial charge in [0.1, 0.15) is 5.75 Å². The number of thiazole rings is 1. The smallest absolute Gasteiger partial charge is 0.279 e. The molecule has 0 spiro atoms. The summed E-state index contributed by atoms with van der Waals surface area (Å²) in [6.07, 6.45) is 1.79. The van der Waals surface area contributed by atoms with Gasteiger partial charge < -0.3 is 9.64 Å². The lowest BCUT2D eigenvalue weighted by molar-refractivity contribution is 0.475. The van der Waals surface area contributed by atoms with Crippen molar-refractivity contribution >= 4 is 35.0 Å². The van der Waals surface area contributed by atoms with Crippen LogP contribution in [0.25, 0.3) is 11.3 Å². The second-order valence-corrected chi connectivity index (χ2v) is 7.42. The summed E-state index contributed by atoms with van der Waals surface area (Å²) in [7, 11) is 3.89. The van der Waals surface area contributed by atoms with Crippen LogP contribution in [-0.4, -0.2) is 30.3 Å². The normalized spacial score (nSPS) is 11.1. The van der Waals surface area contributed by atoms with Gasteiger partial charge in [-0.15, -0.1) is 0 Å². The van der Waals surface area contributed by atoms with Crippen LogP contribution in [0.4, 0.5) is 5.69 Å². The highest BCUT2D eigenvalue weighted by atomic mass is 35.5. The molecule has 0 aliphatic carbocycles. The number of aliphatic imine (C=N–C) groups is 1. The Morgan fingerprint density at radius 2 is 1.92 bits per heavy atom. The van der Waals surface area contributed by atoms with E-state index in [2.05, 4.69) is 9.98 Å². The van der Waals surface area contributed by atoms with Gasteiger partial charge in [-0.2, -0.15) is 0 Å². The molecule has 0 atom stereocenters. The van der Waals surface area contributed by atoms with Crippen LogP contribution in [0.5, 0.6) is 10.9 Å². The Kier molecular flexibility index (Phi) is 5.59. The first-order chi connectivity index (χ1) is 12.4. The molecule has 26 heavy (non-hydrogen) atoms. The van der Waals surface area contributed by atoms with Gasteiger partial charge in [0.15, 0.2) is 0 Å². The summed E-state index contributed by atoms with van der Waals surface area (Å²) in [6.45, 7) is 4.03. The van der Waals surface area contributed by atoms with Gasteiger partial charge in [-0.25, -0.2) is 9.98 Å². The molecular weight excluding hydrogens is 366 g/mol. The molecule has 0 saturated heterocycles. The van der Waals surface area contributed by atoms with Crippen molar-refractivity contribution < 1.29 is 4.74 Å². The Labute approximate surface area is 162 Å². The van der Waals surface area contributed by atoms with Crippen LogP contribution >= 0.6 is 22.9 Å². The molecule has 0 radical (unpaired) electrons. The number of aryl methyl sites for hydroxylation is 2. The lowest BCUT2D eigenvalue weighted by Crippen LogP contribution is -2.07. The fourth-order valence-corrected chi connectivity index (χ4v) is 3.31. The van der Waals surface area contributed by atoms with Crippen molar-refractivity contribution in [1.82, 2.24) is 9.88 Å². The van der Waals surface area contributed by atoms with E-state index >= 15 is 0 Å². The number of benzene rings is 2. The third-order valence-corrected chi connectivity index (χ3v) is 4.80. The highest BCUT2D eigenvalue weighted by molar-refractivity contribution is 7.11. The van der Waals surface area contributed by atoms with Crippen molar-refractivity contribution in [3.8, 4) is 22.2 Å². The Balaban J connectivity index is 1.84. The number of nitrogens with zero attached hydrogens (tertiary/aromatic N) is 3. The van der Waals surface area contributed by atoms with Crippen LogP contribution in [0.15, 0.2) is 46.8 Å². The van der Waals surface area contributed by atoms with Gasteiger partial charge in [-0.05, 0) is 43.2 Å². The van der Waals surface area contributed by atoms with Crippen molar-refractivity contribution in [1.29, 1.82) is 0 Å². The molecule has 4 nitrogen and oxygen atoms in total. The van der Waals surface area contributed by atoms with E-state index in [9.17, 15) is 0 Å². The fraction of sp³-hybridized carbons (Fsp3) is 0.200. The Morgan fingerprint density at radius 3 is 2.65 bits per heavy atom. The summed E-state index contributed by atoms with van der Waals surface area (Å²) in [5.74, 6) is 0.784. The molecule has 6 heteroatoms. The molecule has 0 aliphatic heterocycles. The molecule has 0 bridgehead atoms. The van der Waals surface area contributed by atoms with E-state index in [1.165, 1.54) is 11.3 Å². The highest BCUT2D eigenvalue weighted by Gasteiger charge is 2.11. The van der Waals surface area contributed by atoms with Gasteiger partial charge >= 0.3 is 0 Å². The number of rotatable bonds is 5. The Morgan fingerprint density at radius 1 is 1.15 bits per heavy atom. The number of ether oxygens (including phenoxy) is 1. The fourth-order valence-electron chi connectivity index (χ4n) is 2.39. The molecule has 0 fully saturated rings. The monoisotopic (exact) mass is 385 g/mol. The summed E-state index contributed by atoms with van der Waals surface area (Å²) in [5.41, 5.74) is 4.71. The molecule has 1 heterocycles. The average molecular weight is 386 g/mol. The third-order valence-electron chi connectivity index (χ3n) is 3.75. The van der Waals surface area contributed by atoms with E-state index in [1.807, 2.05) is 74.6 Å². The molecule has 1 aromatic heterocycles. The van der Waals surface area contributed by atoms with Crippen molar-refractivity contribution in [2.24, 2.45) is 4.99 Å². The molecule has 0 aliphatic rings. The Hall–Kier alpha value is -2.37. The maximum atomic E-state index is 6.25. The maximum Gasteiger partial charge on any atom is 0.279 e. The first kappa shape index (κ1) is 18.4. The lowest BCUT2D eigenvalue weighted by Gasteiger charge is -2.10. The highest BCUT2D eigenvalue weighted by Crippen LogP contribution is 2.35. The maximum absolute atomic E-state index is 6.25. The SMILES string of the molecule is Cc1cc(Oc2nc(-c3ccccc3Cl)cs2)c(C)cc1/N=C\N(C)C. The van der Waals surface area contributed by atoms with Gasteiger partial charge in [-0.1, -0.05) is 41.1 Å². The molecule has 0 saturated carbocycles. The minimum atomic E-state index is 0.590. The quantitative estimate of drug-likeness (QED) is 0.393. The molecule has 0 N–H and O–H groups in total. The first-order valence-electron chi connectivity index (χ1n) is 8.14. The summed E-state index contributed by atoms with van der Waals surface area (Å²) >= 11 is 7.70. The van der Waals surface area contributed by atoms with E-state index in [4.69, 9.17) is 16.3 Å². The lowest BCUT2D eigenvalue weighted by atomic mass is 10.1. The zero-order valence-electron chi connectivity index (χ0n) is 15.2. The van der Waals surface area contributed by atoms with E-state index in [0.717, 1.165) is 33.8 Å². The van der Waals surface area contributed by atoms with E-state index in [0.29, 0.717) is 10.2 Å². The van der Waals surface area contributed by atoms with Crippen molar-refractivity contribution in [3.05, 3.63) is 57.9 Å². The summed E-state index contributed by atoms with van der Waals surface area (Å²) in [6, 6.07) is 11.7. The van der Waals surface area contributed by atoms with Crippen LogP contribution in [0.2, 0.25) is 5.02 Å². The second kappa shape index (κ2) is 7.89. The van der Waals surface area contributed by atoms with Crippen LogP contribution in [0, 0.1) is 13.8 Å².